The van der Waals surface area contributed by atoms with Crippen molar-refractivity contribution in [3.63, 3.8) is 0 Å². The Morgan fingerprint density at radius 3 is 1.92 bits per heavy atom. The summed E-state index contributed by atoms with van der Waals surface area (Å²) >= 11 is 0. The second-order valence-electron chi connectivity index (χ2n) is 2.19. The Bertz CT molecular complexity index is 260. The van der Waals surface area contributed by atoms with Crippen molar-refractivity contribution < 1.29 is 5.11 Å². The molecule has 0 unspecified atom stereocenters. The van der Waals surface area contributed by atoms with E-state index in [9.17, 15) is 0 Å². The molecule has 1 rings (SSSR count). The molecule has 0 aliphatic heterocycles. The number of hydrogen-bond acceptors (Lipinski definition) is 1. The average Bonchev–Trinajstić information content (AvgIpc) is 2.21. The van der Waals surface area contributed by atoms with Crippen LogP contribution in [0.4, 0.5) is 0 Å². The lowest BCUT2D eigenvalue weighted by molar-refractivity contribution is 0.474. The second kappa shape index (κ2) is 8.34. The summed E-state index contributed by atoms with van der Waals surface area (Å²) in [6.45, 7) is 6.93. The number of benzene rings is 1. The van der Waals surface area contributed by atoms with Gasteiger partial charge in [0.2, 0.25) is 0 Å². The first kappa shape index (κ1) is 11.2. The van der Waals surface area contributed by atoms with Crippen LogP contribution in [0.1, 0.15) is 5.56 Å². The fourth-order valence-corrected chi connectivity index (χ4v) is 0.650. The van der Waals surface area contributed by atoms with Crippen LogP contribution in [0.5, 0.6) is 0 Å². The number of allylic oxidation sites excluding steroid dienone is 2. The van der Waals surface area contributed by atoms with E-state index in [1.165, 1.54) is 17.7 Å². The fraction of sp³-hybridized carbons (Fsp3) is 0. The molecular formula is C12H14O. The number of hydrogen-bond donors (Lipinski definition) is 1. The first-order valence-electron chi connectivity index (χ1n) is 3.94. The summed E-state index contributed by atoms with van der Waals surface area (Å²) in [5.41, 5.74) is 1.17. The SMILES string of the molecule is C=CC=CO.C=Cc1ccccc1. The van der Waals surface area contributed by atoms with Crippen molar-refractivity contribution in [1.82, 2.24) is 0 Å². The zero-order valence-electron chi connectivity index (χ0n) is 7.56. The molecule has 0 amide bonds. The van der Waals surface area contributed by atoms with E-state index in [0.29, 0.717) is 0 Å². The third kappa shape index (κ3) is 6.63. The Morgan fingerprint density at radius 2 is 1.69 bits per heavy atom. The van der Waals surface area contributed by atoms with E-state index in [4.69, 9.17) is 5.11 Å². The van der Waals surface area contributed by atoms with Gasteiger partial charge in [-0.05, 0) is 11.6 Å². The first-order valence-corrected chi connectivity index (χ1v) is 3.94. The molecule has 68 valence electrons. The molecule has 0 heterocycles. The number of aliphatic hydroxyl groups is 1. The van der Waals surface area contributed by atoms with Crippen molar-refractivity contribution in [2.24, 2.45) is 0 Å². The van der Waals surface area contributed by atoms with Gasteiger partial charge in [0, 0.05) is 0 Å². The van der Waals surface area contributed by atoms with E-state index in [-0.39, 0.29) is 0 Å². The maximum atomic E-state index is 7.81. The van der Waals surface area contributed by atoms with Gasteiger partial charge in [-0.2, -0.15) is 0 Å². The van der Waals surface area contributed by atoms with Crippen LogP contribution in [0.15, 0.2) is 61.9 Å². The van der Waals surface area contributed by atoms with E-state index in [1.807, 2.05) is 36.4 Å². The molecule has 0 aliphatic rings. The van der Waals surface area contributed by atoms with Crippen LogP contribution in [0.25, 0.3) is 6.08 Å². The lowest BCUT2D eigenvalue weighted by Gasteiger charge is -1.85. The Balaban J connectivity index is 0.000000252. The minimum Gasteiger partial charge on any atom is -0.516 e. The second-order valence-corrected chi connectivity index (χ2v) is 2.19. The van der Waals surface area contributed by atoms with Crippen LogP contribution in [-0.4, -0.2) is 5.11 Å². The van der Waals surface area contributed by atoms with Crippen molar-refractivity contribution in [2.75, 3.05) is 0 Å². The molecular weight excluding hydrogens is 160 g/mol. The molecule has 1 nitrogen and oxygen atoms in total. The summed E-state index contributed by atoms with van der Waals surface area (Å²) in [5.74, 6) is 0. The molecule has 0 atom stereocenters. The van der Waals surface area contributed by atoms with E-state index in [1.54, 1.807) is 0 Å². The molecule has 1 aromatic carbocycles. The molecule has 1 heteroatoms. The Morgan fingerprint density at radius 1 is 1.08 bits per heavy atom. The largest absolute Gasteiger partial charge is 0.516 e. The highest BCUT2D eigenvalue weighted by atomic mass is 16.2. The van der Waals surface area contributed by atoms with Gasteiger partial charge in [-0.3, -0.25) is 0 Å². The molecule has 0 saturated carbocycles. The van der Waals surface area contributed by atoms with Crippen LogP contribution >= 0.6 is 0 Å². The van der Waals surface area contributed by atoms with Crippen molar-refractivity contribution in [3.8, 4) is 0 Å². The topological polar surface area (TPSA) is 20.2 Å². The molecule has 0 aromatic heterocycles. The standard InChI is InChI=1S/C8H8.C4H6O/c1-2-8-6-4-3-5-7-8;1-2-3-4-5/h2-7H,1H2;2-5H,1H2. The molecule has 0 bridgehead atoms. The summed E-state index contributed by atoms with van der Waals surface area (Å²) in [6.07, 6.45) is 5.72. The van der Waals surface area contributed by atoms with Crippen LogP contribution in [0.2, 0.25) is 0 Å². The molecule has 13 heavy (non-hydrogen) atoms. The third-order valence-electron chi connectivity index (χ3n) is 1.26. The summed E-state index contributed by atoms with van der Waals surface area (Å²) in [5, 5.41) is 7.81. The quantitative estimate of drug-likeness (QED) is 0.536. The van der Waals surface area contributed by atoms with Gasteiger partial charge in [0.1, 0.15) is 0 Å². The van der Waals surface area contributed by atoms with Crippen LogP contribution < -0.4 is 0 Å². The third-order valence-corrected chi connectivity index (χ3v) is 1.26. The predicted octanol–water partition coefficient (Wildman–Crippen LogP) is 3.57. The molecule has 0 saturated heterocycles. The monoisotopic (exact) mass is 174 g/mol. The zero-order chi connectivity index (χ0) is 9.94. The lowest BCUT2D eigenvalue weighted by Crippen LogP contribution is -1.63. The van der Waals surface area contributed by atoms with Crippen molar-refractivity contribution in [3.05, 3.63) is 67.5 Å². The summed E-state index contributed by atoms with van der Waals surface area (Å²) < 4.78 is 0. The Labute approximate surface area is 79.4 Å². The number of aliphatic hydroxyl groups excluding tert-OH is 1. The molecule has 0 spiro atoms. The van der Waals surface area contributed by atoms with Gasteiger partial charge in [-0.25, -0.2) is 0 Å². The van der Waals surface area contributed by atoms with Gasteiger partial charge in [-0.1, -0.05) is 55.6 Å². The number of rotatable bonds is 2. The summed E-state index contributed by atoms with van der Waals surface area (Å²) in [4.78, 5) is 0. The minimum atomic E-state index is 0.938. The Kier molecular flexibility index (Phi) is 7.21. The van der Waals surface area contributed by atoms with Crippen LogP contribution in [-0.2, 0) is 0 Å². The van der Waals surface area contributed by atoms with Gasteiger partial charge in [-0.15, -0.1) is 0 Å². The maximum absolute atomic E-state index is 7.81. The van der Waals surface area contributed by atoms with E-state index >= 15 is 0 Å². The van der Waals surface area contributed by atoms with Crippen LogP contribution in [0.3, 0.4) is 0 Å². The van der Waals surface area contributed by atoms with Crippen molar-refractivity contribution in [1.29, 1.82) is 0 Å². The van der Waals surface area contributed by atoms with Gasteiger partial charge >= 0.3 is 0 Å². The van der Waals surface area contributed by atoms with E-state index in [2.05, 4.69) is 13.2 Å². The van der Waals surface area contributed by atoms with Crippen molar-refractivity contribution >= 4 is 6.08 Å². The highest BCUT2D eigenvalue weighted by Gasteiger charge is 1.75. The van der Waals surface area contributed by atoms with Gasteiger partial charge in [0.25, 0.3) is 0 Å². The highest BCUT2D eigenvalue weighted by molar-refractivity contribution is 5.45. The normalized spacial score (nSPS) is 8.62. The maximum Gasteiger partial charge on any atom is 0.0791 e. The van der Waals surface area contributed by atoms with Gasteiger partial charge in [0.05, 0.1) is 6.26 Å². The zero-order valence-corrected chi connectivity index (χ0v) is 7.56. The van der Waals surface area contributed by atoms with E-state index in [0.717, 1.165) is 6.26 Å². The van der Waals surface area contributed by atoms with E-state index < -0.39 is 0 Å². The highest BCUT2D eigenvalue weighted by Crippen LogP contribution is 1.97. The first-order chi connectivity index (χ1) is 6.35. The molecule has 1 N–H and O–H groups in total. The molecule has 0 radical (unpaired) electrons. The predicted molar refractivity (Wildman–Crippen MR) is 58.5 cm³/mol. The smallest absolute Gasteiger partial charge is 0.0791 e. The summed E-state index contributed by atoms with van der Waals surface area (Å²) in [6, 6.07) is 10.0. The minimum absolute atomic E-state index is 0.938. The Hall–Kier alpha value is -1.76. The summed E-state index contributed by atoms with van der Waals surface area (Å²) in [7, 11) is 0. The van der Waals surface area contributed by atoms with Crippen LogP contribution in [0, 0.1) is 0 Å². The van der Waals surface area contributed by atoms with Crippen molar-refractivity contribution in [2.45, 2.75) is 0 Å². The fourth-order valence-electron chi connectivity index (χ4n) is 0.650. The molecule has 0 fully saturated rings. The molecule has 0 aliphatic carbocycles. The molecule has 1 aromatic rings. The van der Waals surface area contributed by atoms with Gasteiger partial charge in [0.15, 0.2) is 0 Å². The average molecular weight is 174 g/mol. The lowest BCUT2D eigenvalue weighted by atomic mass is 10.2. The van der Waals surface area contributed by atoms with Gasteiger partial charge < -0.3 is 5.11 Å².